The molecule has 0 heterocycles. The molecule has 0 aliphatic rings. The summed E-state index contributed by atoms with van der Waals surface area (Å²) in [5.41, 5.74) is 1.54. The quantitative estimate of drug-likeness (QED) is 0.758. The SMILES string of the molecule is CCCCC(CC)(Nc1cccc(C)c1)C(=O)OC. The maximum atomic E-state index is 12.2. The van der Waals surface area contributed by atoms with Crippen LogP contribution >= 0.6 is 0 Å². The number of anilines is 1. The van der Waals surface area contributed by atoms with Crippen molar-refractivity contribution in [2.24, 2.45) is 0 Å². The molecule has 1 aromatic rings. The van der Waals surface area contributed by atoms with E-state index in [9.17, 15) is 4.79 Å². The molecule has 0 radical (unpaired) electrons. The number of nitrogens with one attached hydrogen (secondary N) is 1. The number of hydrogen-bond acceptors (Lipinski definition) is 3. The molecule has 19 heavy (non-hydrogen) atoms. The number of esters is 1. The molecule has 106 valence electrons. The molecule has 1 unspecified atom stereocenters. The van der Waals surface area contributed by atoms with Crippen LogP contribution in [-0.4, -0.2) is 18.6 Å². The molecule has 1 rings (SSSR count). The molecule has 1 atom stereocenters. The normalized spacial score (nSPS) is 13.7. The summed E-state index contributed by atoms with van der Waals surface area (Å²) in [6.07, 6.45) is 3.57. The zero-order valence-electron chi connectivity index (χ0n) is 12.5. The molecular formula is C16H25NO2. The summed E-state index contributed by atoms with van der Waals surface area (Å²) in [5.74, 6) is -0.176. The van der Waals surface area contributed by atoms with Crippen LogP contribution in [0.1, 0.15) is 45.1 Å². The van der Waals surface area contributed by atoms with Gasteiger partial charge in [-0.3, -0.25) is 0 Å². The van der Waals surface area contributed by atoms with Gasteiger partial charge >= 0.3 is 5.97 Å². The largest absolute Gasteiger partial charge is 0.467 e. The first kappa shape index (κ1) is 15.5. The highest BCUT2D eigenvalue weighted by Gasteiger charge is 2.37. The van der Waals surface area contributed by atoms with Gasteiger partial charge in [0.05, 0.1) is 7.11 Å². The number of hydrogen-bond donors (Lipinski definition) is 1. The molecule has 0 aliphatic heterocycles. The second-order valence-electron chi connectivity index (χ2n) is 5.03. The van der Waals surface area contributed by atoms with Crippen LogP contribution in [0, 0.1) is 6.92 Å². The highest BCUT2D eigenvalue weighted by molar-refractivity contribution is 5.84. The lowest BCUT2D eigenvalue weighted by Crippen LogP contribution is -2.46. The molecule has 1 aromatic carbocycles. The Morgan fingerprint density at radius 3 is 2.63 bits per heavy atom. The minimum atomic E-state index is -0.613. The maximum absolute atomic E-state index is 12.2. The number of aryl methyl sites for hydroxylation is 1. The van der Waals surface area contributed by atoms with Gasteiger partial charge in [0.2, 0.25) is 0 Å². The van der Waals surface area contributed by atoms with E-state index in [1.807, 2.05) is 32.0 Å². The van der Waals surface area contributed by atoms with Crippen molar-refractivity contribution < 1.29 is 9.53 Å². The van der Waals surface area contributed by atoms with E-state index in [-0.39, 0.29) is 5.97 Å². The molecule has 1 N–H and O–H groups in total. The summed E-state index contributed by atoms with van der Waals surface area (Å²) >= 11 is 0. The van der Waals surface area contributed by atoms with Crippen molar-refractivity contribution in [1.82, 2.24) is 0 Å². The molecule has 0 saturated carbocycles. The first-order valence-corrected chi connectivity index (χ1v) is 7.01. The zero-order valence-corrected chi connectivity index (χ0v) is 12.5. The fraction of sp³-hybridized carbons (Fsp3) is 0.562. The summed E-state index contributed by atoms with van der Waals surface area (Å²) in [7, 11) is 1.45. The van der Waals surface area contributed by atoms with Crippen LogP contribution < -0.4 is 5.32 Å². The number of carbonyl (C=O) groups is 1. The molecule has 0 aliphatic carbocycles. The van der Waals surface area contributed by atoms with Crippen molar-refractivity contribution in [2.45, 2.75) is 52.0 Å². The maximum Gasteiger partial charge on any atom is 0.331 e. The van der Waals surface area contributed by atoms with Crippen molar-refractivity contribution in [3.8, 4) is 0 Å². The summed E-state index contributed by atoms with van der Waals surface area (Å²) in [6, 6.07) is 8.09. The highest BCUT2D eigenvalue weighted by Crippen LogP contribution is 2.26. The Kier molecular flexibility index (Phi) is 5.87. The van der Waals surface area contributed by atoms with E-state index >= 15 is 0 Å². The van der Waals surface area contributed by atoms with E-state index in [1.54, 1.807) is 0 Å². The van der Waals surface area contributed by atoms with Crippen LogP contribution in [0.3, 0.4) is 0 Å². The lowest BCUT2D eigenvalue weighted by molar-refractivity contribution is -0.146. The van der Waals surface area contributed by atoms with Gasteiger partial charge in [0.15, 0.2) is 0 Å². The highest BCUT2D eigenvalue weighted by atomic mass is 16.5. The lowest BCUT2D eigenvalue weighted by atomic mass is 9.89. The van der Waals surface area contributed by atoms with Gasteiger partial charge < -0.3 is 10.1 Å². The Morgan fingerprint density at radius 1 is 1.37 bits per heavy atom. The Balaban J connectivity index is 2.98. The molecule has 0 saturated heterocycles. The monoisotopic (exact) mass is 263 g/mol. The minimum Gasteiger partial charge on any atom is -0.467 e. The molecule has 0 amide bonds. The van der Waals surface area contributed by atoms with Gasteiger partial charge in [0.25, 0.3) is 0 Å². The van der Waals surface area contributed by atoms with E-state index in [4.69, 9.17) is 4.74 Å². The van der Waals surface area contributed by atoms with E-state index in [0.29, 0.717) is 6.42 Å². The fourth-order valence-corrected chi connectivity index (χ4v) is 2.30. The third-order valence-electron chi connectivity index (χ3n) is 3.54. The smallest absolute Gasteiger partial charge is 0.331 e. The summed E-state index contributed by atoms with van der Waals surface area (Å²) in [6.45, 7) is 6.20. The molecule has 3 heteroatoms. The van der Waals surface area contributed by atoms with E-state index in [1.165, 1.54) is 12.7 Å². The summed E-state index contributed by atoms with van der Waals surface area (Å²) in [5, 5.41) is 3.39. The molecule has 0 aromatic heterocycles. The third kappa shape index (κ3) is 3.98. The van der Waals surface area contributed by atoms with Gasteiger partial charge in [-0.2, -0.15) is 0 Å². The van der Waals surface area contributed by atoms with Crippen LogP contribution in [0.4, 0.5) is 5.69 Å². The molecule has 3 nitrogen and oxygen atoms in total. The van der Waals surface area contributed by atoms with Crippen molar-refractivity contribution in [2.75, 3.05) is 12.4 Å². The number of ether oxygens (including phenoxy) is 1. The number of methoxy groups -OCH3 is 1. The van der Waals surface area contributed by atoms with Crippen LogP contribution in [0.2, 0.25) is 0 Å². The Hall–Kier alpha value is -1.51. The Morgan fingerprint density at radius 2 is 2.11 bits per heavy atom. The Labute approximate surface area is 116 Å². The van der Waals surface area contributed by atoms with E-state index in [2.05, 4.69) is 18.3 Å². The average molecular weight is 263 g/mol. The molecule has 0 spiro atoms. The van der Waals surface area contributed by atoms with Gasteiger partial charge in [-0.25, -0.2) is 4.79 Å². The minimum absolute atomic E-state index is 0.176. The van der Waals surface area contributed by atoms with Gasteiger partial charge in [-0.05, 0) is 37.5 Å². The second-order valence-corrected chi connectivity index (χ2v) is 5.03. The van der Waals surface area contributed by atoms with Crippen molar-refractivity contribution in [3.05, 3.63) is 29.8 Å². The van der Waals surface area contributed by atoms with Gasteiger partial charge in [0, 0.05) is 5.69 Å². The van der Waals surface area contributed by atoms with Gasteiger partial charge in [-0.15, -0.1) is 0 Å². The van der Waals surface area contributed by atoms with Crippen LogP contribution in [0.15, 0.2) is 24.3 Å². The number of unbranched alkanes of at least 4 members (excludes halogenated alkanes) is 1. The predicted octanol–water partition coefficient (Wildman–Crippen LogP) is 3.92. The second kappa shape index (κ2) is 7.17. The first-order chi connectivity index (χ1) is 9.07. The van der Waals surface area contributed by atoms with Crippen molar-refractivity contribution in [3.63, 3.8) is 0 Å². The first-order valence-electron chi connectivity index (χ1n) is 7.01. The van der Waals surface area contributed by atoms with E-state index < -0.39 is 5.54 Å². The van der Waals surface area contributed by atoms with Gasteiger partial charge in [0.1, 0.15) is 5.54 Å². The zero-order chi connectivity index (χ0) is 14.3. The van der Waals surface area contributed by atoms with Gasteiger partial charge in [-0.1, -0.05) is 38.8 Å². The lowest BCUT2D eigenvalue weighted by Gasteiger charge is -2.32. The summed E-state index contributed by atoms with van der Waals surface area (Å²) in [4.78, 5) is 12.2. The standard InChI is InChI=1S/C16H25NO2/c1-5-7-11-16(6-2,15(18)19-4)17-14-10-8-9-13(3)12-14/h8-10,12,17H,5-7,11H2,1-4H3. The average Bonchev–Trinajstić information content (AvgIpc) is 2.42. The fourth-order valence-electron chi connectivity index (χ4n) is 2.30. The molecule has 0 fully saturated rings. The Bertz CT molecular complexity index is 417. The molecule has 0 bridgehead atoms. The van der Waals surface area contributed by atoms with Crippen molar-refractivity contribution in [1.29, 1.82) is 0 Å². The van der Waals surface area contributed by atoms with Crippen LogP contribution in [0.25, 0.3) is 0 Å². The molecular weight excluding hydrogens is 238 g/mol. The topological polar surface area (TPSA) is 38.3 Å². The van der Waals surface area contributed by atoms with Crippen LogP contribution in [-0.2, 0) is 9.53 Å². The number of benzene rings is 1. The number of carbonyl (C=O) groups excluding carboxylic acids is 1. The van der Waals surface area contributed by atoms with Crippen molar-refractivity contribution >= 4 is 11.7 Å². The summed E-state index contributed by atoms with van der Waals surface area (Å²) < 4.78 is 5.00. The van der Waals surface area contributed by atoms with E-state index in [0.717, 1.165) is 24.9 Å². The number of rotatable bonds is 7. The van der Waals surface area contributed by atoms with Crippen LogP contribution in [0.5, 0.6) is 0 Å². The third-order valence-corrected chi connectivity index (χ3v) is 3.54. The predicted molar refractivity (Wildman–Crippen MR) is 79.4 cm³/mol.